The van der Waals surface area contributed by atoms with Crippen LogP contribution in [0, 0.1) is 6.92 Å². The maximum Gasteiger partial charge on any atom is 0.307 e. The third kappa shape index (κ3) is 6.32. The van der Waals surface area contributed by atoms with Crippen molar-refractivity contribution in [3.8, 4) is 11.5 Å². The maximum absolute atomic E-state index is 12.4. The van der Waals surface area contributed by atoms with Crippen LogP contribution < -0.4 is 20.2 Å². The van der Waals surface area contributed by atoms with Crippen molar-refractivity contribution >= 4 is 66.5 Å². The smallest absolute Gasteiger partial charge is 0.307 e. The molecule has 0 aliphatic rings. The molecule has 36 heavy (non-hydrogen) atoms. The number of benzene rings is 3. The molecule has 10 heteroatoms. The van der Waals surface area contributed by atoms with Gasteiger partial charge in [-0.1, -0.05) is 33.6 Å². The lowest BCUT2D eigenvalue weighted by Crippen LogP contribution is -2.20. The molecule has 0 saturated carbocycles. The van der Waals surface area contributed by atoms with Crippen molar-refractivity contribution in [1.29, 1.82) is 0 Å². The fraction of sp³-hybridized carbons (Fsp3) is 0.115. The normalized spacial score (nSPS) is 11.0. The van der Waals surface area contributed by atoms with E-state index in [-0.39, 0.29) is 18.3 Å². The first kappa shape index (κ1) is 25.5. The lowest BCUT2D eigenvalue weighted by molar-refractivity contribution is -0.118. The van der Waals surface area contributed by atoms with Gasteiger partial charge in [0.05, 0.1) is 17.8 Å². The summed E-state index contributed by atoms with van der Waals surface area (Å²) in [5.74, 6) is 0.115. The molecule has 0 atom stereocenters. The highest BCUT2D eigenvalue weighted by Crippen LogP contribution is 2.36. The van der Waals surface area contributed by atoms with E-state index in [0.717, 1.165) is 15.4 Å². The zero-order chi connectivity index (χ0) is 25.7. The number of fused-ring (bicyclic) bond motifs is 1. The maximum atomic E-state index is 12.4. The SMILES string of the molecule is COc1cc(/C=N/NC(=O)c2cc3cc(Br)ccc3o2)cc(Br)c1OCC(=O)Nc1ccc(C)cc1. The number of nitrogens with zero attached hydrogens (tertiary/aromatic N) is 1. The Bertz CT molecular complexity index is 1450. The minimum atomic E-state index is -0.482. The Labute approximate surface area is 223 Å². The van der Waals surface area contributed by atoms with Crippen molar-refractivity contribution in [2.45, 2.75) is 6.92 Å². The van der Waals surface area contributed by atoms with Gasteiger partial charge in [0.2, 0.25) is 0 Å². The Kier molecular flexibility index (Phi) is 8.07. The number of carbonyl (C=O) groups is 2. The summed E-state index contributed by atoms with van der Waals surface area (Å²) >= 11 is 6.83. The van der Waals surface area contributed by atoms with Gasteiger partial charge in [-0.15, -0.1) is 0 Å². The van der Waals surface area contributed by atoms with Crippen LogP contribution in [0.2, 0.25) is 0 Å². The average Bonchev–Trinajstić information content (AvgIpc) is 3.28. The summed E-state index contributed by atoms with van der Waals surface area (Å²) in [5, 5.41) is 7.58. The first-order valence-corrected chi connectivity index (χ1v) is 12.3. The molecule has 1 heterocycles. The highest BCUT2D eigenvalue weighted by Gasteiger charge is 2.14. The van der Waals surface area contributed by atoms with Crippen molar-refractivity contribution in [2.75, 3.05) is 19.0 Å². The number of amides is 2. The van der Waals surface area contributed by atoms with Crippen LogP contribution in [-0.2, 0) is 4.79 Å². The molecule has 0 aliphatic heterocycles. The first-order valence-electron chi connectivity index (χ1n) is 10.7. The van der Waals surface area contributed by atoms with Gasteiger partial charge >= 0.3 is 5.91 Å². The van der Waals surface area contributed by atoms with Crippen LogP contribution in [0.15, 0.2) is 79.1 Å². The summed E-state index contributed by atoms with van der Waals surface area (Å²) in [7, 11) is 1.49. The monoisotopic (exact) mass is 613 g/mol. The van der Waals surface area contributed by atoms with Crippen LogP contribution >= 0.6 is 31.9 Å². The predicted molar refractivity (Wildman–Crippen MR) is 145 cm³/mol. The lowest BCUT2D eigenvalue weighted by Gasteiger charge is -2.13. The Morgan fingerprint density at radius 3 is 2.58 bits per heavy atom. The number of methoxy groups -OCH3 is 1. The van der Waals surface area contributed by atoms with Crippen molar-refractivity contribution < 1.29 is 23.5 Å². The number of nitrogens with one attached hydrogen (secondary N) is 2. The topological polar surface area (TPSA) is 102 Å². The average molecular weight is 615 g/mol. The Morgan fingerprint density at radius 2 is 1.83 bits per heavy atom. The fourth-order valence-corrected chi connectivity index (χ4v) is 4.23. The van der Waals surface area contributed by atoms with E-state index in [1.165, 1.54) is 13.3 Å². The molecular formula is C26H21Br2N3O5. The summed E-state index contributed by atoms with van der Waals surface area (Å²) in [6.45, 7) is 1.77. The molecule has 0 saturated heterocycles. The van der Waals surface area contributed by atoms with Gasteiger partial charge < -0.3 is 19.2 Å². The van der Waals surface area contributed by atoms with Gasteiger partial charge in [-0.05, 0) is 76.9 Å². The molecule has 0 aliphatic carbocycles. The molecule has 2 N–H and O–H groups in total. The van der Waals surface area contributed by atoms with Crippen LogP contribution in [-0.4, -0.2) is 31.7 Å². The molecule has 4 rings (SSSR count). The standard InChI is InChI=1S/C26H21Br2N3O5/c1-15-3-6-19(7-4-15)30-24(32)14-35-25-20(28)9-16(10-22(25)34-2)13-29-31-26(33)23-12-17-11-18(27)5-8-21(17)36-23/h3-13H,14H2,1-2H3,(H,30,32)(H,31,33)/b29-13+. The Balaban J connectivity index is 1.38. The quantitative estimate of drug-likeness (QED) is 0.186. The number of halogens is 2. The van der Waals surface area contributed by atoms with Crippen LogP contribution in [0.3, 0.4) is 0 Å². The summed E-state index contributed by atoms with van der Waals surface area (Å²) in [4.78, 5) is 24.7. The number of ether oxygens (including phenoxy) is 2. The molecule has 4 aromatic rings. The highest BCUT2D eigenvalue weighted by molar-refractivity contribution is 9.10. The molecular weight excluding hydrogens is 594 g/mol. The number of rotatable bonds is 8. The van der Waals surface area contributed by atoms with Crippen LogP contribution in [0.5, 0.6) is 11.5 Å². The minimum Gasteiger partial charge on any atom is -0.493 e. The molecule has 0 spiro atoms. The van der Waals surface area contributed by atoms with E-state index >= 15 is 0 Å². The second kappa shape index (κ2) is 11.4. The zero-order valence-corrected chi connectivity index (χ0v) is 22.5. The Hall–Kier alpha value is -3.63. The van der Waals surface area contributed by atoms with Crippen molar-refractivity contribution in [2.24, 2.45) is 5.10 Å². The molecule has 0 radical (unpaired) electrons. The van der Waals surface area contributed by atoms with Gasteiger partial charge in [0.25, 0.3) is 5.91 Å². The second-order valence-electron chi connectivity index (χ2n) is 7.73. The van der Waals surface area contributed by atoms with Crippen molar-refractivity contribution in [1.82, 2.24) is 5.43 Å². The van der Waals surface area contributed by atoms with E-state index in [4.69, 9.17) is 13.9 Å². The van der Waals surface area contributed by atoms with Gasteiger partial charge in [0.15, 0.2) is 23.9 Å². The molecule has 0 fully saturated rings. The molecule has 2 amide bonds. The first-order chi connectivity index (χ1) is 17.3. The van der Waals surface area contributed by atoms with E-state index in [0.29, 0.717) is 32.8 Å². The van der Waals surface area contributed by atoms with E-state index < -0.39 is 5.91 Å². The predicted octanol–water partition coefficient (Wildman–Crippen LogP) is 6.06. The van der Waals surface area contributed by atoms with Gasteiger partial charge in [-0.25, -0.2) is 5.43 Å². The Morgan fingerprint density at radius 1 is 1.06 bits per heavy atom. The van der Waals surface area contributed by atoms with Gasteiger partial charge in [0.1, 0.15) is 5.58 Å². The summed E-state index contributed by atoms with van der Waals surface area (Å²) < 4.78 is 18.1. The molecule has 1 aromatic heterocycles. The summed E-state index contributed by atoms with van der Waals surface area (Å²) in [6, 6.07) is 18.0. The largest absolute Gasteiger partial charge is 0.493 e. The van der Waals surface area contributed by atoms with Gasteiger partial charge in [-0.2, -0.15) is 5.10 Å². The van der Waals surface area contributed by atoms with Crippen LogP contribution in [0.4, 0.5) is 5.69 Å². The highest BCUT2D eigenvalue weighted by atomic mass is 79.9. The lowest BCUT2D eigenvalue weighted by atomic mass is 10.2. The van der Waals surface area contributed by atoms with E-state index in [1.54, 1.807) is 24.3 Å². The van der Waals surface area contributed by atoms with Crippen LogP contribution in [0.1, 0.15) is 21.7 Å². The third-order valence-corrected chi connectivity index (χ3v) is 6.10. The van der Waals surface area contributed by atoms with Gasteiger partial charge in [-0.3, -0.25) is 9.59 Å². The second-order valence-corrected chi connectivity index (χ2v) is 9.50. The van der Waals surface area contributed by atoms with Crippen molar-refractivity contribution in [3.63, 3.8) is 0 Å². The number of hydrazone groups is 1. The number of hydrogen-bond donors (Lipinski definition) is 2. The van der Waals surface area contributed by atoms with E-state index in [2.05, 4.69) is 47.7 Å². The number of anilines is 1. The molecule has 0 bridgehead atoms. The third-order valence-electron chi connectivity index (χ3n) is 5.02. The fourth-order valence-electron chi connectivity index (χ4n) is 3.27. The number of hydrogen-bond acceptors (Lipinski definition) is 6. The molecule has 3 aromatic carbocycles. The van der Waals surface area contributed by atoms with Gasteiger partial charge in [0, 0.05) is 15.5 Å². The van der Waals surface area contributed by atoms with E-state index in [1.807, 2.05) is 43.3 Å². The minimum absolute atomic E-state index is 0.145. The summed E-state index contributed by atoms with van der Waals surface area (Å²) in [6.07, 6.45) is 1.46. The number of carbonyl (C=O) groups excluding carboxylic acids is 2. The summed E-state index contributed by atoms with van der Waals surface area (Å²) in [5.41, 5.74) is 5.46. The van der Waals surface area contributed by atoms with Crippen molar-refractivity contribution in [3.05, 3.63) is 86.5 Å². The zero-order valence-electron chi connectivity index (χ0n) is 19.3. The molecule has 8 nitrogen and oxygen atoms in total. The number of aryl methyl sites for hydroxylation is 1. The molecule has 0 unspecified atom stereocenters. The molecule has 184 valence electrons. The number of furan rings is 1. The van der Waals surface area contributed by atoms with Crippen LogP contribution in [0.25, 0.3) is 11.0 Å². The van der Waals surface area contributed by atoms with E-state index in [9.17, 15) is 9.59 Å².